The molecule has 3 nitrogen and oxygen atoms in total. The topological polar surface area (TPSA) is 32.5 Å². The molecule has 0 unspecified atom stereocenters. The van der Waals surface area contributed by atoms with Gasteiger partial charge >= 0.3 is 0 Å². The minimum atomic E-state index is 0.254. The van der Waals surface area contributed by atoms with E-state index in [9.17, 15) is 0 Å². The fourth-order valence-electron chi connectivity index (χ4n) is 2.54. The van der Waals surface area contributed by atoms with Crippen molar-refractivity contribution in [1.29, 1.82) is 0 Å². The molecule has 0 atom stereocenters. The number of hydrogen-bond donors (Lipinski definition) is 1. The van der Waals surface area contributed by atoms with Gasteiger partial charge in [-0.3, -0.25) is 0 Å². The highest BCUT2D eigenvalue weighted by Crippen LogP contribution is 2.15. The van der Waals surface area contributed by atoms with Crippen molar-refractivity contribution in [1.82, 2.24) is 9.80 Å². The van der Waals surface area contributed by atoms with Crippen molar-refractivity contribution in [2.24, 2.45) is 11.1 Å². The van der Waals surface area contributed by atoms with Crippen LogP contribution in [0.25, 0.3) is 0 Å². The molecule has 0 bridgehead atoms. The Morgan fingerprint density at radius 2 is 1.88 bits per heavy atom. The summed E-state index contributed by atoms with van der Waals surface area (Å²) >= 11 is 0. The molecule has 0 spiro atoms. The fourth-order valence-corrected chi connectivity index (χ4v) is 2.54. The van der Waals surface area contributed by atoms with E-state index in [2.05, 4.69) is 30.6 Å². The third-order valence-electron chi connectivity index (χ3n) is 3.80. The van der Waals surface area contributed by atoms with Crippen LogP contribution in [-0.2, 0) is 0 Å². The summed E-state index contributed by atoms with van der Waals surface area (Å²) in [5, 5.41) is 0. The lowest BCUT2D eigenvalue weighted by atomic mass is 9.93. The Balaban J connectivity index is 2.17. The molecule has 1 aliphatic heterocycles. The van der Waals surface area contributed by atoms with Gasteiger partial charge in [0.1, 0.15) is 0 Å². The number of nitrogens with two attached hydrogens (primary N) is 1. The third-order valence-corrected chi connectivity index (χ3v) is 3.80. The normalized spacial score (nSPS) is 18.2. The van der Waals surface area contributed by atoms with Crippen molar-refractivity contribution < 1.29 is 0 Å². The quantitative estimate of drug-likeness (QED) is 0.703. The lowest BCUT2D eigenvalue weighted by Gasteiger charge is -2.31. The Morgan fingerprint density at radius 1 is 1.24 bits per heavy atom. The highest BCUT2D eigenvalue weighted by Gasteiger charge is 2.19. The van der Waals surface area contributed by atoms with Gasteiger partial charge in [0, 0.05) is 6.54 Å². The number of likely N-dealkylation sites (tertiary alicyclic amines) is 1. The first-order valence-electron chi connectivity index (χ1n) is 7.22. The van der Waals surface area contributed by atoms with Crippen molar-refractivity contribution in [2.75, 3.05) is 45.8 Å². The van der Waals surface area contributed by atoms with Crippen LogP contribution in [0.1, 0.15) is 40.0 Å². The van der Waals surface area contributed by atoms with Crippen molar-refractivity contribution in [3.63, 3.8) is 0 Å². The summed E-state index contributed by atoms with van der Waals surface area (Å²) in [4.78, 5) is 5.14. The van der Waals surface area contributed by atoms with E-state index in [-0.39, 0.29) is 5.41 Å². The predicted octanol–water partition coefficient (Wildman–Crippen LogP) is 1.78. The zero-order valence-electron chi connectivity index (χ0n) is 12.0. The highest BCUT2D eigenvalue weighted by molar-refractivity contribution is 4.75. The molecule has 0 saturated carbocycles. The van der Waals surface area contributed by atoms with Gasteiger partial charge in [-0.05, 0) is 63.9 Å². The van der Waals surface area contributed by atoms with Gasteiger partial charge in [0.25, 0.3) is 0 Å². The summed E-state index contributed by atoms with van der Waals surface area (Å²) in [6.07, 6.45) is 4.10. The summed E-state index contributed by atoms with van der Waals surface area (Å²) in [5.41, 5.74) is 6.06. The summed E-state index contributed by atoms with van der Waals surface area (Å²) in [6.45, 7) is 14.9. The number of nitrogens with zero attached hydrogens (tertiary/aromatic N) is 2. The molecular formula is C14H31N3. The summed E-state index contributed by atoms with van der Waals surface area (Å²) in [7, 11) is 0. The van der Waals surface area contributed by atoms with E-state index < -0.39 is 0 Å². The van der Waals surface area contributed by atoms with Crippen LogP contribution in [0.2, 0.25) is 0 Å². The van der Waals surface area contributed by atoms with Gasteiger partial charge in [0.15, 0.2) is 0 Å². The summed E-state index contributed by atoms with van der Waals surface area (Å²) < 4.78 is 0. The van der Waals surface area contributed by atoms with Crippen LogP contribution in [0.3, 0.4) is 0 Å². The average Bonchev–Trinajstić information content (AvgIpc) is 2.80. The van der Waals surface area contributed by atoms with E-state index in [4.69, 9.17) is 5.73 Å². The maximum atomic E-state index is 5.80. The molecule has 0 aromatic rings. The van der Waals surface area contributed by atoms with Crippen molar-refractivity contribution in [3.05, 3.63) is 0 Å². The third kappa shape index (κ3) is 5.84. The second-order valence-electron chi connectivity index (χ2n) is 6.14. The predicted molar refractivity (Wildman–Crippen MR) is 75.2 cm³/mol. The van der Waals surface area contributed by atoms with Crippen LogP contribution in [0.5, 0.6) is 0 Å². The van der Waals surface area contributed by atoms with Crippen LogP contribution in [0, 0.1) is 5.41 Å². The minimum Gasteiger partial charge on any atom is -0.330 e. The molecule has 17 heavy (non-hydrogen) atoms. The summed E-state index contributed by atoms with van der Waals surface area (Å²) in [5.74, 6) is 0. The highest BCUT2D eigenvalue weighted by atomic mass is 15.2. The van der Waals surface area contributed by atoms with Crippen molar-refractivity contribution >= 4 is 0 Å². The molecule has 0 aliphatic carbocycles. The standard InChI is InChI=1S/C14H31N3/c1-4-16(13-14(2,3)12-15)10-7-11-17-8-5-6-9-17/h4-13,15H2,1-3H3. The van der Waals surface area contributed by atoms with Gasteiger partial charge in [-0.25, -0.2) is 0 Å². The van der Waals surface area contributed by atoms with Gasteiger partial charge < -0.3 is 15.5 Å². The van der Waals surface area contributed by atoms with Crippen LogP contribution >= 0.6 is 0 Å². The smallest absolute Gasteiger partial charge is 0.00446 e. The number of hydrogen-bond acceptors (Lipinski definition) is 3. The van der Waals surface area contributed by atoms with Gasteiger partial charge in [-0.15, -0.1) is 0 Å². The van der Waals surface area contributed by atoms with Crippen LogP contribution in [0.4, 0.5) is 0 Å². The molecule has 2 N–H and O–H groups in total. The Morgan fingerprint density at radius 3 is 2.41 bits per heavy atom. The summed E-state index contributed by atoms with van der Waals surface area (Å²) in [6, 6.07) is 0. The van der Waals surface area contributed by atoms with Gasteiger partial charge in [-0.1, -0.05) is 20.8 Å². The Labute approximate surface area is 107 Å². The van der Waals surface area contributed by atoms with Crippen molar-refractivity contribution in [3.8, 4) is 0 Å². The van der Waals surface area contributed by atoms with Crippen LogP contribution in [0.15, 0.2) is 0 Å². The first-order valence-corrected chi connectivity index (χ1v) is 7.22. The molecule has 1 fully saturated rings. The Bertz CT molecular complexity index is 198. The molecule has 1 aliphatic rings. The molecule has 0 aromatic heterocycles. The second kappa shape index (κ2) is 7.34. The Hall–Kier alpha value is -0.120. The minimum absolute atomic E-state index is 0.254. The molecular weight excluding hydrogens is 210 g/mol. The van der Waals surface area contributed by atoms with Crippen molar-refractivity contribution in [2.45, 2.75) is 40.0 Å². The number of rotatable bonds is 8. The SMILES string of the molecule is CCN(CCCN1CCCC1)CC(C)(C)CN. The van der Waals surface area contributed by atoms with E-state index in [1.807, 2.05) is 0 Å². The first kappa shape index (κ1) is 14.9. The molecule has 1 saturated heterocycles. The van der Waals surface area contributed by atoms with Crippen LogP contribution in [-0.4, -0.2) is 55.6 Å². The molecule has 102 valence electrons. The molecule has 1 heterocycles. The van der Waals surface area contributed by atoms with E-state index in [1.54, 1.807) is 0 Å². The van der Waals surface area contributed by atoms with Gasteiger partial charge in [0.2, 0.25) is 0 Å². The molecule has 0 radical (unpaired) electrons. The lowest BCUT2D eigenvalue weighted by molar-refractivity contribution is 0.180. The first-order chi connectivity index (χ1) is 8.07. The van der Waals surface area contributed by atoms with E-state index in [0.717, 1.165) is 19.6 Å². The van der Waals surface area contributed by atoms with Gasteiger partial charge in [-0.2, -0.15) is 0 Å². The lowest BCUT2D eigenvalue weighted by Crippen LogP contribution is -2.39. The zero-order valence-corrected chi connectivity index (χ0v) is 12.0. The second-order valence-corrected chi connectivity index (χ2v) is 6.14. The largest absolute Gasteiger partial charge is 0.330 e. The maximum Gasteiger partial charge on any atom is 0.00446 e. The van der Waals surface area contributed by atoms with E-state index in [0.29, 0.717) is 0 Å². The van der Waals surface area contributed by atoms with E-state index >= 15 is 0 Å². The Kier molecular flexibility index (Phi) is 6.45. The average molecular weight is 241 g/mol. The van der Waals surface area contributed by atoms with E-state index in [1.165, 1.54) is 45.4 Å². The van der Waals surface area contributed by atoms with Crippen LogP contribution < -0.4 is 5.73 Å². The zero-order chi connectivity index (χ0) is 12.7. The molecule has 0 amide bonds. The molecule has 0 aromatic carbocycles. The molecule has 1 rings (SSSR count). The maximum absolute atomic E-state index is 5.80. The molecule has 3 heteroatoms. The van der Waals surface area contributed by atoms with Gasteiger partial charge in [0.05, 0.1) is 0 Å². The monoisotopic (exact) mass is 241 g/mol. The fraction of sp³-hybridized carbons (Fsp3) is 1.00.